The second-order valence-electron chi connectivity index (χ2n) is 5.57. The summed E-state index contributed by atoms with van der Waals surface area (Å²) in [6.45, 7) is 1.91. The van der Waals surface area contributed by atoms with Crippen LogP contribution in [-0.2, 0) is 4.74 Å². The van der Waals surface area contributed by atoms with Crippen LogP contribution in [0.2, 0.25) is 0 Å². The van der Waals surface area contributed by atoms with E-state index in [-0.39, 0.29) is 12.1 Å². The molecule has 0 bridgehead atoms. The van der Waals surface area contributed by atoms with Gasteiger partial charge in [-0.15, -0.1) is 0 Å². The van der Waals surface area contributed by atoms with Crippen LogP contribution in [0.1, 0.15) is 12.8 Å². The first-order valence-electron chi connectivity index (χ1n) is 7.27. The second kappa shape index (κ2) is 5.00. The summed E-state index contributed by atoms with van der Waals surface area (Å²) in [4.78, 5) is 18.4. The quantitative estimate of drug-likeness (QED) is 0.905. The number of anilines is 1. The maximum Gasteiger partial charge on any atom is 0.322 e. The van der Waals surface area contributed by atoms with Crippen molar-refractivity contribution in [2.75, 3.05) is 25.0 Å². The summed E-state index contributed by atoms with van der Waals surface area (Å²) in [7, 11) is 0. The van der Waals surface area contributed by atoms with E-state index < -0.39 is 0 Å². The van der Waals surface area contributed by atoms with Crippen molar-refractivity contribution in [2.45, 2.75) is 18.9 Å². The van der Waals surface area contributed by atoms with Gasteiger partial charge in [0.05, 0.1) is 18.9 Å². The molecule has 2 aliphatic rings. The summed E-state index contributed by atoms with van der Waals surface area (Å²) < 4.78 is 7.38. The van der Waals surface area contributed by atoms with Crippen molar-refractivity contribution in [1.29, 1.82) is 0 Å². The van der Waals surface area contributed by atoms with E-state index >= 15 is 0 Å². The van der Waals surface area contributed by atoms with E-state index in [2.05, 4.69) is 15.4 Å². The Kier molecular flexibility index (Phi) is 2.99. The Morgan fingerprint density at radius 1 is 1.43 bits per heavy atom. The highest BCUT2D eigenvalue weighted by atomic mass is 16.5. The smallest absolute Gasteiger partial charge is 0.322 e. The fraction of sp³-hybridized carbons (Fsp3) is 0.500. The lowest BCUT2D eigenvalue weighted by Crippen LogP contribution is -2.48. The number of amides is 2. The minimum atomic E-state index is -0.107. The number of rotatable bonds is 2. The number of carbonyl (C=O) groups is 1. The molecule has 7 nitrogen and oxygen atoms in total. The molecule has 0 spiro atoms. The molecule has 4 rings (SSSR count). The van der Waals surface area contributed by atoms with Gasteiger partial charge in [0.25, 0.3) is 0 Å². The molecule has 2 fully saturated rings. The molecule has 3 heterocycles. The fourth-order valence-corrected chi connectivity index (χ4v) is 2.72. The fourth-order valence-electron chi connectivity index (χ4n) is 2.72. The summed E-state index contributed by atoms with van der Waals surface area (Å²) in [5.41, 5.74) is 1.29. The van der Waals surface area contributed by atoms with Crippen molar-refractivity contribution in [3.8, 4) is 0 Å². The van der Waals surface area contributed by atoms with Gasteiger partial charge in [-0.25, -0.2) is 14.3 Å². The molecule has 2 amide bonds. The predicted octanol–water partition coefficient (Wildman–Crippen LogP) is 1.37. The number of ether oxygens (including phenoxy) is 1. The number of nitrogens with zero attached hydrogens (tertiary/aromatic N) is 4. The van der Waals surface area contributed by atoms with Crippen LogP contribution in [0.15, 0.2) is 24.7 Å². The van der Waals surface area contributed by atoms with Crippen molar-refractivity contribution in [2.24, 2.45) is 5.92 Å². The van der Waals surface area contributed by atoms with Crippen molar-refractivity contribution in [3.63, 3.8) is 0 Å². The molecule has 1 aliphatic carbocycles. The number of hydrogen-bond acceptors (Lipinski definition) is 4. The van der Waals surface area contributed by atoms with E-state index in [0.717, 1.165) is 0 Å². The molecular formula is C14H17N5O2. The van der Waals surface area contributed by atoms with E-state index in [1.54, 1.807) is 29.2 Å². The summed E-state index contributed by atoms with van der Waals surface area (Å²) in [6.07, 6.45) is 7.75. The van der Waals surface area contributed by atoms with E-state index in [4.69, 9.17) is 4.74 Å². The number of urea groups is 1. The maximum atomic E-state index is 12.4. The van der Waals surface area contributed by atoms with Crippen LogP contribution in [0.5, 0.6) is 0 Å². The Hall–Kier alpha value is -2.15. The lowest BCUT2D eigenvalue weighted by Gasteiger charge is -2.32. The van der Waals surface area contributed by atoms with Crippen LogP contribution in [0.3, 0.4) is 0 Å². The molecule has 2 aromatic heterocycles. The highest BCUT2D eigenvalue weighted by molar-refractivity contribution is 5.93. The molecular weight excluding hydrogens is 270 g/mol. The first-order chi connectivity index (χ1) is 10.3. The molecule has 21 heavy (non-hydrogen) atoms. The van der Waals surface area contributed by atoms with Crippen LogP contribution in [0.4, 0.5) is 10.5 Å². The molecule has 1 saturated heterocycles. The zero-order valence-electron chi connectivity index (χ0n) is 11.6. The molecule has 110 valence electrons. The van der Waals surface area contributed by atoms with Gasteiger partial charge in [-0.1, -0.05) is 0 Å². The predicted molar refractivity (Wildman–Crippen MR) is 76.0 cm³/mol. The zero-order chi connectivity index (χ0) is 14.2. The molecule has 0 radical (unpaired) electrons. The summed E-state index contributed by atoms with van der Waals surface area (Å²) in [5.74, 6) is 0.638. The molecule has 1 unspecified atom stereocenters. The Labute approximate surface area is 121 Å². The molecule has 1 saturated carbocycles. The standard InChI is InChI=1S/C14H17N5O2/c20-14(18-6-7-21-12(9-18)10-2-3-10)17-11-8-16-19-5-1-4-15-13(11)19/h1,4-5,8,10,12H,2-3,6-7,9H2,(H,17,20). The van der Waals surface area contributed by atoms with E-state index in [9.17, 15) is 4.79 Å². The van der Waals surface area contributed by atoms with Crippen LogP contribution in [0, 0.1) is 5.92 Å². The first-order valence-corrected chi connectivity index (χ1v) is 7.27. The number of aromatic nitrogens is 3. The highest BCUT2D eigenvalue weighted by Crippen LogP contribution is 2.35. The van der Waals surface area contributed by atoms with Crippen molar-refractivity contribution in [3.05, 3.63) is 24.7 Å². The van der Waals surface area contributed by atoms with Gasteiger partial charge < -0.3 is 15.0 Å². The number of carbonyl (C=O) groups excluding carboxylic acids is 1. The largest absolute Gasteiger partial charge is 0.374 e. The number of morpholine rings is 1. The van der Waals surface area contributed by atoms with Crippen LogP contribution < -0.4 is 5.32 Å². The lowest BCUT2D eigenvalue weighted by molar-refractivity contribution is -0.0234. The molecule has 1 aliphatic heterocycles. The lowest BCUT2D eigenvalue weighted by atomic mass is 10.2. The normalized spacial score (nSPS) is 22.5. The third-order valence-electron chi connectivity index (χ3n) is 4.05. The average molecular weight is 287 g/mol. The Morgan fingerprint density at radius 3 is 3.19 bits per heavy atom. The number of nitrogens with one attached hydrogen (secondary N) is 1. The van der Waals surface area contributed by atoms with Gasteiger partial charge in [0.15, 0.2) is 5.65 Å². The van der Waals surface area contributed by atoms with Gasteiger partial charge in [0, 0.05) is 25.5 Å². The second-order valence-corrected chi connectivity index (χ2v) is 5.57. The number of hydrogen-bond donors (Lipinski definition) is 1. The minimum Gasteiger partial charge on any atom is -0.374 e. The topological polar surface area (TPSA) is 71.8 Å². The molecule has 1 N–H and O–H groups in total. The van der Waals surface area contributed by atoms with E-state index in [0.29, 0.717) is 36.9 Å². The summed E-state index contributed by atoms with van der Waals surface area (Å²) >= 11 is 0. The van der Waals surface area contributed by atoms with Gasteiger partial charge in [-0.2, -0.15) is 5.10 Å². The molecule has 0 aromatic carbocycles. The highest BCUT2D eigenvalue weighted by Gasteiger charge is 2.36. The Morgan fingerprint density at radius 2 is 2.33 bits per heavy atom. The summed E-state index contributed by atoms with van der Waals surface area (Å²) in [6, 6.07) is 1.69. The van der Waals surface area contributed by atoms with Crippen molar-refractivity contribution < 1.29 is 9.53 Å². The zero-order valence-corrected chi connectivity index (χ0v) is 11.6. The van der Waals surface area contributed by atoms with Crippen molar-refractivity contribution >= 4 is 17.4 Å². The maximum absolute atomic E-state index is 12.4. The van der Waals surface area contributed by atoms with E-state index in [1.165, 1.54) is 12.8 Å². The van der Waals surface area contributed by atoms with E-state index in [1.807, 2.05) is 4.90 Å². The van der Waals surface area contributed by atoms with Gasteiger partial charge in [0.2, 0.25) is 0 Å². The Balaban J connectivity index is 1.47. The number of fused-ring (bicyclic) bond motifs is 1. The molecule has 1 atom stereocenters. The van der Waals surface area contributed by atoms with Gasteiger partial charge in [-0.3, -0.25) is 0 Å². The summed E-state index contributed by atoms with van der Waals surface area (Å²) in [5, 5.41) is 7.07. The third-order valence-corrected chi connectivity index (χ3v) is 4.05. The third kappa shape index (κ3) is 2.44. The van der Waals surface area contributed by atoms with Crippen LogP contribution in [0.25, 0.3) is 5.65 Å². The monoisotopic (exact) mass is 287 g/mol. The van der Waals surface area contributed by atoms with Crippen LogP contribution in [-0.4, -0.2) is 51.3 Å². The Bertz CT molecular complexity index is 666. The van der Waals surface area contributed by atoms with Gasteiger partial charge in [0.1, 0.15) is 5.69 Å². The van der Waals surface area contributed by atoms with Gasteiger partial charge >= 0.3 is 6.03 Å². The average Bonchev–Trinajstić information content (AvgIpc) is 3.30. The minimum absolute atomic E-state index is 0.107. The van der Waals surface area contributed by atoms with Gasteiger partial charge in [-0.05, 0) is 24.8 Å². The molecule has 2 aromatic rings. The van der Waals surface area contributed by atoms with Crippen LogP contribution >= 0.6 is 0 Å². The SMILES string of the molecule is O=C(Nc1cnn2cccnc12)N1CCOC(C2CC2)C1. The first kappa shape index (κ1) is 12.6. The molecule has 7 heteroatoms. The van der Waals surface area contributed by atoms with Crippen molar-refractivity contribution in [1.82, 2.24) is 19.5 Å².